The Bertz CT molecular complexity index is 781. The molecule has 0 fully saturated rings. The van der Waals surface area contributed by atoms with Crippen molar-refractivity contribution in [3.63, 3.8) is 0 Å². The van der Waals surface area contributed by atoms with Crippen molar-refractivity contribution in [2.24, 2.45) is 0 Å². The molecule has 2 heterocycles. The Hall–Kier alpha value is -2.45. The van der Waals surface area contributed by atoms with Gasteiger partial charge in [-0.05, 0) is 29.2 Å². The van der Waals surface area contributed by atoms with Gasteiger partial charge in [0.25, 0.3) is 0 Å². The van der Waals surface area contributed by atoms with Crippen LogP contribution in [-0.2, 0) is 19.5 Å². The van der Waals surface area contributed by atoms with Gasteiger partial charge < -0.3 is 0 Å². The van der Waals surface area contributed by atoms with E-state index in [-0.39, 0.29) is 0 Å². The third-order valence-corrected chi connectivity index (χ3v) is 4.52. The van der Waals surface area contributed by atoms with Crippen molar-refractivity contribution in [3.8, 4) is 11.3 Å². The van der Waals surface area contributed by atoms with Crippen molar-refractivity contribution < 1.29 is 0 Å². The molecule has 2 heteroatoms. The molecule has 1 aliphatic heterocycles. The molecule has 0 atom stereocenters. The van der Waals surface area contributed by atoms with Crippen LogP contribution < -0.4 is 0 Å². The van der Waals surface area contributed by atoms with E-state index in [0.717, 1.165) is 31.7 Å². The molecule has 0 spiro atoms. The molecular formula is C21H20N2. The van der Waals surface area contributed by atoms with Gasteiger partial charge in [-0.25, -0.2) is 0 Å². The molecule has 1 aliphatic rings. The first-order valence-electron chi connectivity index (χ1n) is 8.18. The van der Waals surface area contributed by atoms with Crippen LogP contribution in [0.2, 0.25) is 0 Å². The Kier molecular flexibility index (Phi) is 3.91. The molecule has 23 heavy (non-hydrogen) atoms. The summed E-state index contributed by atoms with van der Waals surface area (Å²) in [6.45, 7) is 3.11. The number of hydrogen-bond acceptors (Lipinski definition) is 2. The van der Waals surface area contributed by atoms with E-state index in [1.54, 1.807) is 0 Å². The summed E-state index contributed by atoms with van der Waals surface area (Å²) in [6, 6.07) is 23.4. The van der Waals surface area contributed by atoms with E-state index in [1.807, 2.05) is 6.20 Å². The highest BCUT2D eigenvalue weighted by Crippen LogP contribution is 2.28. The highest BCUT2D eigenvalue weighted by Gasteiger charge is 2.20. The maximum absolute atomic E-state index is 4.65. The van der Waals surface area contributed by atoms with Gasteiger partial charge in [-0.1, -0.05) is 60.7 Å². The van der Waals surface area contributed by atoms with E-state index in [4.69, 9.17) is 0 Å². The molecule has 3 aromatic rings. The minimum absolute atomic E-state index is 1.01. The molecule has 2 aromatic carbocycles. The van der Waals surface area contributed by atoms with E-state index >= 15 is 0 Å². The average Bonchev–Trinajstić information content (AvgIpc) is 2.63. The SMILES string of the molecule is c1ccc(CN2CCc3c(ccnc3-c3ccccc3)C2)cc1. The van der Waals surface area contributed by atoms with Crippen LogP contribution >= 0.6 is 0 Å². The molecule has 4 rings (SSSR count). The Morgan fingerprint density at radius 1 is 0.870 bits per heavy atom. The number of aromatic nitrogens is 1. The van der Waals surface area contributed by atoms with Crippen molar-refractivity contribution in [1.29, 1.82) is 0 Å². The van der Waals surface area contributed by atoms with Crippen molar-refractivity contribution in [3.05, 3.63) is 89.6 Å². The van der Waals surface area contributed by atoms with Crippen LogP contribution in [0, 0.1) is 0 Å². The first kappa shape index (κ1) is 14.2. The summed E-state index contributed by atoms with van der Waals surface area (Å²) in [5.41, 5.74) is 6.60. The van der Waals surface area contributed by atoms with Crippen LogP contribution in [0.3, 0.4) is 0 Å². The normalized spacial score (nSPS) is 14.4. The first-order chi connectivity index (χ1) is 11.4. The lowest BCUT2D eigenvalue weighted by Crippen LogP contribution is -2.30. The quantitative estimate of drug-likeness (QED) is 0.716. The second kappa shape index (κ2) is 6.35. The highest BCUT2D eigenvalue weighted by molar-refractivity contribution is 5.64. The van der Waals surface area contributed by atoms with Crippen LogP contribution in [0.1, 0.15) is 16.7 Å². The van der Waals surface area contributed by atoms with Gasteiger partial charge in [0, 0.05) is 31.4 Å². The molecule has 1 aromatic heterocycles. The lowest BCUT2D eigenvalue weighted by molar-refractivity contribution is 0.245. The molecule has 114 valence electrons. The Balaban J connectivity index is 1.59. The topological polar surface area (TPSA) is 16.1 Å². The van der Waals surface area contributed by atoms with E-state index in [1.165, 1.54) is 22.3 Å². The van der Waals surface area contributed by atoms with Crippen LogP contribution in [0.5, 0.6) is 0 Å². The molecule has 0 amide bonds. The van der Waals surface area contributed by atoms with E-state index in [0.29, 0.717) is 0 Å². The van der Waals surface area contributed by atoms with Gasteiger partial charge in [0.15, 0.2) is 0 Å². The second-order valence-corrected chi connectivity index (χ2v) is 6.11. The average molecular weight is 300 g/mol. The fourth-order valence-corrected chi connectivity index (χ4v) is 3.37. The predicted octanol–water partition coefficient (Wildman–Crippen LogP) is 4.31. The summed E-state index contributed by atoms with van der Waals surface area (Å²) in [5.74, 6) is 0. The van der Waals surface area contributed by atoms with Gasteiger partial charge in [0.1, 0.15) is 0 Å². The van der Waals surface area contributed by atoms with Crippen molar-refractivity contribution in [1.82, 2.24) is 9.88 Å². The summed E-state index contributed by atoms with van der Waals surface area (Å²) >= 11 is 0. The number of hydrogen-bond donors (Lipinski definition) is 0. The number of nitrogens with zero attached hydrogens (tertiary/aromatic N) is 2. The summed E-state index contributed by atoms with van der Waals surface area (Å²) in [7, 11) is 0. The number of benzene rings is 2. The van der Waals surface area contributed by atoms with Crippen molar-refractivity contribution in [2.45, 2.75) is 19.5 Å². The molecule has 2 nitrogen and oxygen atoms in total. The molecule has 0 saturated carbocycles. The summed E-state index contributed by atoms with van der Waals surface area (Å²) in [5, 5.41) is 0. The fraction of sp³-hybridized carbons (Fsp3) is 0.190. The summed E-state index contributed by atoms with van der Waals surface area (Å²) in [6.07, 6.45) is 3.02. The Labute approximate surface area is 137 Å². The molecule has 0 radical (unpaired) electrons. The van der Waals surface area contributed by atoms with Gasteiger partial charge in [-0.15, -0.1) is 0 Å². The Morgan fingerprint density at radius 2 is 1.61 bits per heavy atom. The number of pyridine rings is 1. The largest absolute Gasteiger partial charge is 0.294 e. The minimum atomic E-state index is 1.01. The van der Waals surface area contributed by atoms with Gasteiger partial charge in [0.2, 0.25) is 0 Å². The molecule has 0 aliphatic carbocycles. The number of fused-ring (bicyclic) bond motifs is 1. The van der Waals surface area contributed by atoms with Crippen molar-refractivity contribution in [2.75, 3.05) is 6.54 Å². The van der Waals surface area contributed by atoms with E-state index < -0.39 is 0 Å². The first-order valence-corrected chi connectivity index (χ1v) is 8.18. The van der Waals surface area contributed by atoms with E-state index in [9.17, 15) is 0 Å². The zero-order valence-electron chi connectivity index (χ0n) is 13.2. The molecular weight excluding hydrogens is 280 g/mol. The molecule has 0 bridgehead atoms. The third kappa shape index (κ3) is 3.03. The summed E-state index contributed by atoms with van der Waals surface area (Å²) in [4.78, 5) is 7.17. The van der Waals surface area contributed by atoms with Gasteiger partial charge in [-0.2, -0.15) is 0 Å². The fourth-order valence-electron chi connectivity index (χ4n) is 3.37. The maximum Gasteiger partial charge on any atom is 0.0737 e. The standard InChI is InChI=1S/C21H20N2/c1-3-7-17(8-4-1)15-23-14-12-20-19(16-23)11-13-22-21(20)18-9-5-2-6-10-18/h1-11,13H,12,14-16H2. The summed E-state index contributed by atoms with van der Waals surface area (Å²) < 4.78 is 0. The monoisotopic (exact) mass is 300 g/mol. The second-order valence-electron chi connectivity index (χ2n) is 6.11. The highest BCUT2D eigenvalue weighted by atomic mass is 15.1. The Morgan fingerprint density at radius 3 is 2.39 bits per heavy atom. The predicted molar refractivity (Wildman–Crippen MR) is 93.9 cm³/mol. The maximum atomic E-state index is 4.65. The van der Waals surface area contributed by atoms with Gasteiger partial charge >= 0.3 is 0 Å². The molecule has 0 saturated heterocycles. The van der Waals surface area contributed by atoms with Gasteiger partial charge in [0.05, 0.1) is 5.69 Å². The smallest absolute Gasteiger partial charge is 0.0737 e. The zero-order valence-corrected chi connectivity index (χ0v) is 13.2. The van der Waals surface area contributed by atoms with Gasteiger partial charge in [-0.3, -0.25) is 9.88 Å². The van der Waals surface area contributed by atoms with Crippen LogP contribution in [0.15, 0.2) is 72.9 Å². The molecule has 0 unspecified atom stereocenters. The van der Waals surface area contributed by atoms with Crippen molar-refractivity contribution >= 4 is 0 Å². The van der Waals surface area contributed by atoms with Crippen LogP contribution in [-0.4, -0.2) is 16.4 Å². The van der Waals surface area contributed by atoms with Crippen LogP contribution in [0.25, 0.3) is 11.3 Å². The lowest BCUT2D eigenvalue weighted by Gasteiger charge is -2.29. The van der Waals surface area contributed by atoms with E-state index in [2.05, 4.69) is 76.6 Å². The lowest BCUT2D eigenvalue weighted by atomic mass is 9.95. The third-order valence-electron chi connectivity index (χ3n) is 4.52. The zero-order chi connectivity index (χ0) is 15.5. The minimum Gasteiger partial charge on any atom is -0.294 e. The number of rotatable bonds is 3. The molecule has 0 N–H and O–H groups in total. The van der Waals surface area contributed by atoms with Crippen LogP contribution in [0.4, 0.5) is 0 Å².